The summed E-state index contributed by atoms with van der Waals surface area (Å²) in [6.45, 7) is 9.24. The van der Waals surface area contributed by atoms with Crippen LogP contribution in [0.15, 0.2) is 45.7 Å². The van der Waals surface area contributed by atoms with E-state index >= 15 is 0 Å². The van der Waals surface area contributed by atoms with Crippen molar-refractivity contribution in [1.29, 1.82) is 0 Å². The van der Waals surface area contributed by atoms with Crippen LogP contribution in [0, 0.1) is 27.7 Å². The number of amides is 1. The molecule has 0 aliphatic heterocycles. The van der Waals surface area contributed by atoms with Gasteiger partial charge in [-0.3, -0.25) is 4.79 Å². The first-order valence-electron chi connectivity index (χ1n) is 9.31. The molecule has 1 amide bonds. The third-order valence-corrected chi connectivity index (χ3v) is 6.75. The second-order valence-corrected chi connectivity index (χ2v) is 8.95. The van der Waals surface area contributed by atoms with E-state index < -0.39 is 15.9 Å². The maximum absolute atomic E-state index is 13.6. The number of carbonyl (C=O) groups excluding carboxylic acids is 1. The van der Waals surface area contributed by atoms with Crippen molar-refractivity contribution in [1.82, 2.24) is 0 Å². The second kappa shape index (κ2) is 7.43. The van der Waals surface area contributed by atoms with Gasteiger partial charge in [-0.05, 0) is 81.1 Å². The zero-order chi connectivity index (χ0) is 20.6. The molecule has 2 aromatic carbocycles. The van der Waals surface area contributed by atoms with Crippen molar-refractivity contribution >= 4 is 32.6 Å². The van der Waals surface area contributed by atoms with Gasteiger partial charge in [0.15, 0.2) is 0 Å². The molecule has 0 aliphatic carbocycles. The zero-order valence-electron chi connectivity index (χ0n) is 16.9. The summed E-state index contributed by atoms with van der Waals surface area (Å²) in [5.74, 6) is 0.283. The van der Waals surface area contributed by atoms with Crippen LogP contribution in [0.4, 0.5) is 5.69 Å². The molecule has 6 heteroatoms. The molecule has 0 atom stereocenters. The Hall–Kier alpha value is -2.60. The minimum Gasteiger partial charge on any atom is -0.461 e. The van der Waals surface area contributed by atoms with Crippen molar-refractivity contribution in [2.75, 3.05) is 4.31 Å². The minimum atomic E-state index is -4.05. The van der Waals surface area contributed by atoms with Crippen molar-refractivity contribution in [3.05, 3.63) is 58.8 Å². The van der Waals surface area contributed by atoms with Crippen LogP contribution >= 0.6 is 0 Å². The summed E-state index contributed by atoms with van der Waals surface area (Å²) in [4.78, 5) is 13.0. The number of hydrogen-bond donors (Lipinski definition) is 0. The summed E-state index contributed by atoms with van der Waals surface area (Å²) in [7, 11) is -4.05. The number of rotatable bonds is 5. The van der Waals surface area contributed by atoms with Crippen LogP contribution in [-0.4, -0.2) is 14.3 Å². The molecule has 0 fully saturated rings. The lowest BCUT2D eigenvalue weighted by Gasteiger charge is -2.24. The van der Waals surface area contributed by atoms with Gasteiger partial charge in [0.05, 0.1) is 10.6 Å². The molecular weight excluding hydrogens is 374 g/mol. The first-order valence-corrected chi connectivity index (χ1v) is 10.8. The van der Waals surface area contributed by atoms with Crippen molar-refractivity contribution in [2.24, 2.45) is 0 Å². The Morgan fingerprint density at radius 1 is 0.964 bits per heavy atom. The van der Waals surface area contributed by atoms with E-state index in [9.17, 15) is 13.2 Å². The summed E-state index contributed by atoms with van der Waals surface area (Å²) in [5, 5.41) is 0.760. The van der Waals surface area contributed by atoms with Crippen LogP contribution in [0.25, 0.3) is 11.0 Å². The molecule has 0 N–H and O–H groups in total. The molecule has 0 spiro atoms. The number of sulfonamides is 1. The molecule has 28 heavy (non-hydrogen) atoms. The standard InChI is InChI=1S/C22H25NO4S/c1-6-7-22(24)23(19-8-9-20-18(13-19)12-17(5)27-20)28(25,26)21-11-15(3)14(2)10-16(21)4/h8-13H,6-7H2,1-5H3. The fourth-order valence-electron chi connectivity index (χ4n) is 3.33. The lowest BCUT2D eigenvalue weighted by molar-refractivity contribution is -0.117. The summed E-state index contributed by atoms with van der Waals surface area (Å²) in [6.07, 6.45) is 0.704. The van der Waals surface area contributed by atoms with E-state index in [4.69, 9.17) is 4.42 Å². The molecule has 0 unspecified atom stereocenters. The molecule has 148 valence electrons. The van der Waals surface area contributed by atoms with Gasteiger partial charge in [0.2, 0.25) is 5.91 Å². The van der Waals surface area contributed by atoms with Gasteiger partial charge in [-0.1, -0.05) is 13.0 Å². The van der Waals surface area contributed by atoms with Crippen LogP contribution < -0.4 is 4.31 Å². The van der Waals surface area contributed by atoms with E-state index in [1.54, 1.807) is 31.2 Å². The fraction of sp³-hybridized carbons (Fsp3) is 0.318. The highest BCUT2D eigenvalue weighted by molar-refractivity contribution is 7.93. The highest BCUT2D eigenvalue weighted by Gasteiger charge is 2.32. The SMILES string of the molecule is CCCC(=O)N(c1ccc2oc(C)cc2c1)S(=O)(=O)c1cc(C)c(C)cc1C. The lowest BCUT2D eigenvalue weighted by atomic mass is 10.1. The van der Waals surface area contributed by atoms with E-state index in [1.165, 1.54) is 0 Å². The van der Waals surface area contributed by atoms with Crippen LogP contribution in [0.2, 0.25) is 0 Å². The van der Waals surface area contributed by atoms with Gasteiger partial charge in [-0.25, -0.2) is 12.7 Å². The smallest absolute Gasteiger partial charge is 0.271 e. The highest BCUT2D eigenvalue weighted by Crippen LogP contribution is 2.31. The largest absolute Gasteiger partial charge is 0.461 e. The fourth-order valence-corrected chi connectivity index (χ4v) is 5.07. The van der Waals surface area contributed by atoms with Crippen LogP contribution in [-0.2, 0) is 14.8 Å². The van der Waals surface area contributed by atoms with Gasteiger partial charge in [0, 0.05) is 11.8 Å². The zero-order valence-corrected chi connectivity index (χ0v) is 17.7. The van der Waals surface area contributed by atoms with Gasteiger partial charge in [0.25, 0.3) is 10.0 Å². The van der Waals surface area contributed by atoms with Crippen LogP contribution in [0.1, 0.15) is 42.2 Å². The van der Waals surface area contributed by atoms with Crippen molar-refractivity contribution in [2.45, 2.75) is 52.4 Å². The van der Waals surface area contributed by atoms with Crippen molar-refractivity contribution in [3.63, 3.8) is 0 Å². The average Bonchev–Trinajstić information content (AvgIpc) is 2.97. The Labute approximate surface area is 166 Å². The maximum Gasteiger partial charge on any atom is 0.271 e. The molecular formula is C22H25NO4S. The summed E-state index contributed by atoms with van der Waals surface area (Å²) in [6, 6.07) is 10.3. The molecule has 5 nitrogen and oxygen atoms in total. The lowest BCUT2D eigenvalue weighted by Crippen LogP contribution is -2.37. The number of carbonyl (C=O) groups is 1. The maximum atomic E-state index is 13.6. The number of nitrogens with zero attached hydrogens (tertiary/aromatic N) is 1. The molecule has 0 aliphatic rings. The molecule has 3 aromatic rings. The summed E-state index contributed by atoms with van der Waals surface area (Å²) < 4.78 is 33.6. The number of furan rings is 1. The number of aryl methyl sites for hydroxylation is 4. The first-order chi connectivity index (χ1) is 13.1. The number of fused-ring (bicyclic) bond motifs is 1. The Kier molecular flexibility index (Phi) is 5.35. The van der Waals surface area contributed by atoms with E-state index in [2.05, 4.69) is 0 Å². The Bertz CT molecular complexity index is 1160. The molecule has 0 saturated heterocycles. The monoisotopic (exact) mass is 399 g/mol. The number of anilines is 1. The van der Waals surface area contributed by atoms with Gasteiger partial charge in [0.1, 0.15) is 11.3 Å². The van der Waals surface area contributed by atoms with E-state index in [0.717, 1.165) is 26.6 Å². The predicted molar refractivity (Wildman–Crippen MR) is 111 cm³/mol. The van der Waals surface area contributed by atoms with E-state index in [1.807, 2.05) is 39.8 Å². The average molecular weight is 400 g/mol. The molecule has 1 aromatic heterocycles. The topological polar surface area (TPSA) is 67.6 Å². The Morgan fingerprint density at radius 3 is 2.32 bits per heavy atom. The van der Waals surface area contributed by atoms with Crippen LogP contribution in [0.3, 0.4) is 0 Å². The Morgan fingerprint density at radius 2 is 1.64 bits per heavy atom. The number of benzene rings is 2. The van der Waals surface area contributed by atoms with Crippen LogP contribution in [0.5, 0.6) is 0 Å². The van der Waals surface area contributed by atoms with Gasteiger partial charge < -0.3 is 4.42 Å². The normalized spacial score (nSPS) is 11.8. The summed E-state index contributed by atoms with van der Waals surface area (Å²) >= 11 is 0. The number of hydrogen-bond acceptors (Lipinski definition) is 4. The summed E-state index contributed by atoms with van der Waals surface area (Å²) in [5.41, 5.74) is 3.48. The molecule has 3 rings (SSSR count). The minimum absolute atomic E-state index is 0.144. The van der Waals surface area contributed by atoms with E-state index in [-0.39, 0.29) is 11.3 Å². The molecule has 0 radical (unpaired) electrons. The van der Waals surface area contributed by atoms with Gasteiger partial charge >= 0.3 is 0 Å². The van der Waals surface area contributed by atoms with Gasteiger partial charge in [-0.15, -0.1) is 0 Å². The third-order valence-electron chi connectivity index (χ3n) is 4.86. The van der Waals surface area contributed by atoms with Crippen molar-refractivity contribution in [3.8, 4) is 0 Å². The molecule has 1 heterocycles. The van der Waals surface area contributed by atoms with Crippen molar-refractivity contribution < 1.29 is 17.6 Å². The molecule has 0 saturated carbocycles. The second-order valence-electron chi connectivity index (χ2n) is 7.19. The van der Waals surface area contributed by atoms with Gasteiger partial charge in [-0.2, -0.15) is 0 Å². The molecule has 0 bridgehead atoms. The Balaban J connectivity index is 2.21. The quantitative estimate of drug-likeness (QED) is 0.592. The third kappa shape index (κ3) is 3.56. The highest BCUT2D eigenvalue weighted by atomic mass is 32.2. The first kappa shape index (κ1) is 20.1. The predicted octanol–water partition coefficient (Wildman–Crippen LogP) is 5.19. The van der Waals surface area contributed by atoms with E-state index in [0.29, 0.717) is 23.3 Å².